The van der Waals surface area contributed by atoms with E-state index in [0.29, 0.717) is 5.92 Å². The lowest BCUT2D eigenvalue weighted by molar-refractivity contribution is -0.116. The molecule has 0 aromatic rings. The molecule has 2 nitrogen and oxygen atoms in total. The van der Waals surface area contributed by atoms with E-state index in [-0.39, 0.29) is 5.91 Å². The Labute approximate surface area is 88.1 Å². The van der Waals surface area contributed by atoms with Crippen LogP contribution in [0.2, 0.25) is 0 Å². The molecule has 1 amide bonds. The second-order valence-corrected chi connectivity index (χ2v) is 4.27. The molecule has 74 valence electrons. The van der Waals surface area contributed by atoms with Crippen molar-refractivity contribution in [1.82, 2.24) is 5.32 Å². The van der Waals surface area contributed by atoms with Gasteiger partial charge in [-0.25, -0.2) is 0 Å². The number of hydrogen-bond donors (Lipinski definition) is 1. The van der Waals surface area contributed by atoms with Gasteiger partial charge >= 0.3 is 0 Å². The Morgan fingerprint density at radius 3 is 3.07 bits per heavy atom. The molecule has 0 aromatic carbocycles. The number of nitrogens with one attached hydrogen (secondary N) is 1. The molecule has 2 rings (SSSR count). The maximum absolute atomic E-state index is 11.6. The van der Waals surface area contributed by atoms with Gasteiger partial charge in [0, 0.05) is 23.4 Å². The Hall–Kier alpha value is -0.960. The Balaban J connectivity index is 2.38. The minimum Gasteiger partial charge on any atom is -0.355 e. The van der Waals surface area contributed by atoms with Crippen LogP contribution in [0.25, 0.3) is 0 Å². The van der Waals surface area contributed by atoms with Crippen molar-refractivity contribution in [2.75, 3.05) is 13.3 Å². The van der Waals surface area contributed by atoms with E-state index in [4.69, 9.17) is 0 Å². The van der Waals surface area contributed by atoms with Crippen LogP contribution >= 0.6 is 11.8 Å². The van der Waals surface area contributed by atoms with Crippen LogP contribution in [0.3, 0.4) is 0 Å². The largest absolute Gasteiger partial charge is 0.355 e. The fourth-order valence-electron chi connectivity index (χ4n) is 1.73. The van der Waals surface area contributed by atoms with Crippen LogP contribution in [-0.2, 0) is 4.79 Å². The number of allylic oxidation sites excluding steroid dienone is 4. The summed E-state index contributed by atoms with van der Waals surface area (Å²) in [5.41, 5.74) is 2.28. The Morgan fingerprint density at radius 1 is 1.64 bits per heavy atom. The molecule has 0 bridgehead atoms. The zero-order valence-corrected chi connectivity index (χ0v) is 9.15. The molecule has 0 spiro atoms. The fraction of sp³-hybridized carbons (Fsp3) is 0.364. The highest BCUT2D eigenvalue weighted by Crippen LogP contribution is 2.49. The zero-order chi connectivity index (χ0) is 10.1. The van der Waals surface area contributed by atoms with Gasteiger partial charge in [-0.15, -0.1) is 11.8 Å². The second-order valence-electron chi connectivity index (χ2n) is 3.42. The van der Waals surface area contributed by atoms with Crippen LogP contribution in [0.5, 0.6) is 0 Å². The molecule has 0 aliphatic heterocycles. The average molecular weight is 207 g/mol. The average Bonchev–Trinajstić information content (AvgIpc) is 2.93. The normalized spacial score (nSPS) is 23.9. The monoisotopic (exact) mass is 207 g/mol. The van der Waals surface area contributed by atoms with Crippen LogP contribution in [-0.4, -0.2) is 19.2 Å². The lowest BCUT2D eigenvalue weighted by atomic mass is 10.2. The van der Waals surface area contributed by atoms with Crippen molar-refractivity contribution >= 4 is 17.7 Å². The van der Waals surface area contributed by atoms with E-state index >= 15 is 0 Å². The predicted octanol–water partition coefficient (Wildman–Crippen LogP) is 1.87. The van der Waals surface area contributed by atoms with Crippen LogP contribution in [0.1, 0.15) is 6.42 Å². The first-order chi connectivity index (χ1) is 6.77. The van der Waals surface area contributed by atoms with Gasteiger partial charge in [0.2, 0.25) is 0 Å². The van der Waals surface area contributed by atoms with Crippen molar-refractivity contribution in [1.29, 1.82) is 0 Å². The van der Waals surface area contributed by atoms with E-state index in [1.165, 1.54) is 10.5 Å². The van der Waals surface area contributed by atoms with Gasteiger partial charge in [0.1, 0.15) is 0 Å². The van der Waals surface area contributed by atoms with Gasteiger partial charge in [0.15, 0.2) is 0 Å². The standard InChI is InChI=1S/C11H13NOS/c1-12-11(13)8-5-3-4-7-6-9(7)10(8)14-2/h3-5,9H,6H2,1-2H3,(H,12,13). The minimum atomic E-state index is 0.0205. The van der Waals surface area contributed by atoms with Gasteiger partial charge in [0.25, 0.3) is 5.91 Å². The van der Waals surface area contributed by atoms with Crippen molar-refractivity contribution in [2.24, 2.45) is 5.92 Å². The summed E-state index contributed by atoms with van der Waals surface area (Å²) in [6.45, 7) is 0. The Morgan fingerprint density at radius 2 is 2.43 bits per heavy atom. The third-order valence-corrected chi connectivity index (χ3v) is 3.52. The molecule has 2 aliphatic rings. The highest BCUT2D eigenvalue weighted by Gasteiger charge is 2.35. The minimum absolute atomic E-state index is 0.0205. The summed E-state index contributed by atoms with van der Waals surface area (Å²) in [4.78, 5) is 12.8. The number of rotatable bonds is 2. The Bertz CT molecular complexity index is 365. The smallest absolute Gasteiger partial charge is 0.251 e. The highest BCUT2D eigenvalue weighted by atomic mass is 32.2. The summed E-state index contributed by atoms with van der Waals surface area (Å²) in [7, 11) is 1.67. The molecule has 0 aromatic heterocycles. The van der Waals surface area contributed by atoms with Gasteiger partial charge < -0.3 is 5.32 Å². The molecule has 0 radical (unpaired) electrons. The number of hydrogen-bond acceptors (Lipinski definition) is 2. The van der Waals surface area contributed by atoms with Gasteiger partial charge in [-0.05, 0) is 18.8 Å². The number of carbonyl (C=O) groups excluding carboxylic acids is 1. The number of fused-ring (bicyclic) bond motifs is 1. The molecule has 14 heavy (non-hydrogen) atoms. The van der Waals surface area contributed by atoms with Gasteiger partial charge in [-0.1, -0.05) is 17.7 Å². The van der Waals surface area contributed by atoms with Crippen molar-refractivity contribution in [3.05, 3.63) is 34.3 Å². The molecule has 0 heterocycles. The maximum atomic E-state index is 11.6. The van der Waals surface area contributed by atoms with Gasteiger partial charge in [-0.3, -0.25) is 4.79 Å². The van der Waals surface area contributed by atoms with Crippen molar-refractivity contribution in [2.45, 2.75) is 6.42 Å². The van der Waals surface area contributed by atoms with E-state index in [0.717, 1.165) is 12.0 Å². The summed E-state index contributed by atoms with van der Waals surface area (Å²) in [5, 5.41) is 2.68. The summed E-state index contributed by atoms with van der Waals surface area (Å²) in [6, 6.07) is 0. The molecule has 1 unspecified atom stereocenters. The predicted molar refractivity (Wildman–Crippen MR) is 59.9 cm³/mol. The SMILES string of the molecule is CNC(=O)C1=C(SC)C2CC2=CC=C1. The van der Waals surface area contributed by atoms with E-state index in [9.17, 15) is 4.79 Å². The molecule has 1 fully saturated rings. The lowest BCUT2D eigenvalue weighted by Crippen LogP contribution is -2.20. The zero-order valence-electron chi connectivity index (χ0n) is 8.33. The number of thioether (sulfide) groups is 1. The van der Waals surface area contributed by atoms with E-state index in [2.05, 4.69) is 11.4 Å². The molecule has 0 saturated heterocycles. The van der Waals surface area contributed by atoms with Crippen LogP contribution in [0.4, 0.5) is 0 Å². The third kappa shape index (κ3) is 1.52. The second kappa shape index (κ2) is 3.65. The number of amides is 1. The first kappa shape index (κ1) is 9.59. The van der Waals surface area contributed by atoms with Gasteiger partial charge in [-0.2, -0.15) is 0 Å². The van der Waals surface area contributed by atoms with Gasteiger partial charge in [0.05, 0.1) is 0 Å². The quantitative estimate of drug-likeness (QED) is 0.749. The van der Waals surface area contributed by atoms with Crippen molar-refractivity contribution in [3.8, 4) is 0 Å². The molecular formula is C11H13NOS. The van der Waals surface area contributed by atoms with Crippen LogP contribution in [0, 0.1) is 5.92 Å². The highest BCUT2D eigenvalue weighted by molar-refractivity contribution is 8.02. The number of likely N-dealkylation sites (N-methyl/N-ethyl adjacent to an activating group) is 1. The summed E-state index contributed by atoms with van der Waals surface area (Å²) >= 11 is 1.69. The van der Waals surface area contributed by atoms with E-state index in [1.54, 1.807) is 18.8 Å². The molecule has 1 atom stereocenters. The van der Waals surface area contributed by atoms with E-state index in [1.807, 2.05) is 18.4 Å². The van der Waals surface area contributed by atoms with Crippen LogP contribution < -0.4 is 5.32 Å². The summed E-state index contributed by atoms with van der Waals surface area (Å²) in [6.07, 6.45) is 9.16. The van der Waals surface area contributed by atoms with E-state index < -0.39 is 0 Å². The first-order valence-electron chi connectivity index (χ1n) is 4.65. The molecule has 2 aliphatic carbocycles. The van der Waals surface area contributed by atoms with Crippen LogP contribution in [0.15, 0.2) is 34.3 Å². The maximum Gasteiger partial charge on any atom is 0.251 e. The first-order valence-corrected chi connectivity index (χ1v) is 5.87. The summed E-state index contributed by atoms with van der Waals surface area (Å²) in [5.74, 6) is 0.541. The van der Waals surface area contributed by atoms with Crippen molar-refractivity contribution in [3.63, 3.8) is 0 Å². The number of carbonyl (C=O) groups is 1. The third-order valence-electron chi connectivity index (χ3n) is 2.57. The fourth-order valence-corrected chi connectivity index (χ4v) is 2.63. The summed E-state index contributed by atoms with van der Waals surface area (Å²) < 4.78 is 0. The molecule has 1 saturated carbocycles. The molecular weight excluding hydrogens is 194 g/mol. The molecule has 1 N–H and O–H groups in total. The van der Waals surface area contributed by atoms with Crippen molar-refractivity contribution < 1.29 is 4.79 Å². The topological polar surface area (TPSA) is 29.1 Å². The molecule has 3 heteroatoms. The lowest BCUT2D eigenvalue weighted by Gasteiger charge is -2.07. The Kier molecular flexibility index (Phi) is 2.50.